The second-order valence-electron chi connectivity index (χ2n) is 3.46. The van der Waals surface area contributed by atoms with Crippen LogP contribution in [0.25, 0.3) is 0 Å². The largest absolute Gasteiger partial charge is 0.508 e. The number of amides is 1. The van der Waals surface area contributed by atoms with Crippen molar-refractivity contribution in [2.45, 2.75) is 6.54 Å². The lowest BCUT2D eigenvalue weighted by Crippen LogP contribution is -2.22. The van der Waals surface area contributed by atoms with Crippen LogP contribution in [0.4, 0.5) is 0 Å². The van der Waals surface area contributed by atoms with E-state index in [-0.39, 0.29) is 11.7 Å². The van der Waals surface area contributed by atoms with Crippen LogP contribution in [0, 0.1) is 0 Å². The third kappa shape index (κ3) is 3.31. The van der Waals surface area contributed by atoms with Gasteiger partial charge >= 0.3 is 0 Å². The van der Waals surface area contributed by atoms with Gasteiger partial charge in [-0.1, -0.05) is 0 Å². The van der Waals surface area contributed by atoms with Gasteiger partial charge in [-0.05, 0) is 46.3 Å². The number of carbonyl (C=O) groups is 1. The SMILES string of the molecule is O=C(NCc1cc(Br)cs1)c1ccc(O)cc1. The lowest BCUT2D eigenvalue weighted by Gasteiger charge is -2.03. The smallest absolute Gasteiger partial charge is 0.251 e. The molecule has 5 heteroatoms. The Morgan fingerprint density at radius 2 is 2.06 bits per heavy atom. The van der Waals surface area contributed by atoms with Gasteiger partial charge in [0.1, 0.15) is 5.75 Å². The summed E-state index contributed by atoms with van der Waals surface area (Å²) in [6.45, 7) is 0.510. The zero-order valence-corrected chi connectivity index (χ0v) is 11.2. The Bertz CT molecular complexity index is 522. The summed E-state index contributed by atoms with van der Waals surface area (Å²) in [6, 6.07) is 8.15. The molecule has 2 N–H and O–H groups in total. The Morgan fingerprint density at radius 3 is 2.65 bits per heavy atom. The normalized spacial score (nSPS) is 10.2. The van der Waals surface area contributed by atoms with E-state index in [1.807, 2.05) is 11.4 Å². The van der Waals surface area contributed by atoms with Crippen molar-refractivity contribution < 1.29 is 9.90 Å². The highest BCUT2D eigenvalue weighted by molar-refractivity contribution is 9.10. The van der Waals surface area contributed by atoms with E-state index >= 15 is 0 Å². The fourth-order valence-corrected chi connectivity index (χ4v) is 2.72. The minimum atomic E-state index is -0.144. The van der Waals surface area contributed by atoms with Crippen molar-refractivity contribution >= 4 is 33.2 Å². The molecule has 0 radical (unpaired) electrons. The standard InChI is InChI=1S/C12H10BrNO2S/c13-9-5-11(17-7-9)6-14-12(16)8-1-3-10(15)4-2-8/h1-5,7,15H,6H2,(H,14,16). The molecular formula is C12H10BrNO2S. The Balaban J connectivity index is 1.95. The van der Waals surface area contributed by atoms with Crippen LogP contribution in [-0.4, -0.2) is 11.0 Å². The van der Waals surface area contributed by atoms with Gasteiger partial charge in [0.15, 0.2) is 0 Å². The van der Waals surface area contributed by atoms with Gasteiger partial charge in [-0.25, -0.2) is 0 Å². The van der Waals surface area contributed by atoms with Crippen LogP contribution in [0.1, 0.15) is 15.2 Å². The van der Waals surface area contributed by atoms with Crippen LogP contribution in [0.5, 0.6) is 5.75 Å². The van der Waals surface area contributed by atoms with Gasteiger partial charge < -0.3 is 10.4 Å². The summed E-state index contributed by atoms with van der Waals surface area (Å²) >= 11 is 4.95. The van der Waals surface area contributed by atoms with E-state index in [0.29, 0.717) is 12.1 Å². The average molecular weight is 312 g/mol. The summed E-state index contributed by atoms with van der Waals surface area (Å²) in [7, 11) is 0. The molecule has 0 aliphatic rings. The fourth-order valence-electron chi connectivity index (χ4n) is 1.33. The lowest BCUT2D eigenvalue weighted by molar-refractivity contribution is 0.0951. The molecular weight excluding hydrogens is 302 g/mol. The Kier molecular flexibility index (Phi) is 3.81. The molecule has 3 nitrogen and oxygen atoms in total. The van der Waals surface area contributed by atoms with E-state index in [2.05, 4.69) is 21.2 Å². The van der Waals surface area contributed by atoms with E-state index in [9.17, 15) is 4.79 Å². The highest BCUT2D eigenvalue weighted by Gasteiger charge is 2.05. The number of halogens is 1. The van der Waals surface area contributed by atoms with Crippen LogP contribution in [0.15, 0.2) is 40.2 Å². The number of hydrogen-bond acceptors (Lipinski definition) is 3. The van der Waals surface area contributed by atoms with E-state index < -0.39 is 0 Å². The van der Waals surface area contributed by atoms with Crippen LogP contribution in [0.2, 0.25) is 0 Å². The monoisotopic (exact) mass is 311 g/mol. The molecule has 0 atom stereocenters. The maximum atomic E-state index is 11.7. The molecule has 88 valence electrons. The Labute approximate surface area is 111 Å². The maximum absolute atomic E-state index is 11.7. The van der Waals surface area contributed by atoms with E-state index in [1.54, 1.807) is 23.5 Å². The number of phenolic OH excluding ortho intramolecular Hbond substituents is 1. The number of nitrogens with one attached hydrogen (secondary N) is 1. The number of hydrogen-bond donors (Lipinski definition) is 2. The van der Waals surface area contributed by atoms with Gasteiger partial charge in [0, 0.05) is 20.3 Å². The molecule has 0 aliphatic heterocycles. The fraction of sp³-hybridized carbons (Fsp3) is 0.0833. The number of carbonyl (C=O) groups excluding carboxylic acids is 1. The van der Waals surface area contributed by atoms with Crippen LogP contribution < -0.4 is 5.32 Å². The van der Waals surface area contributed by atoms with Crippen molar-refractivity contribution in [1.82, 2.24) is 5.32 Å². The van der Waals surface area contributed by atoms with Crippen molar-refractivity contribution in [3.05, 3.63) is 50.6 Å². The van der Waals surface area contributed by atoms with Gasteiger partial charge in [-0.15, -0.1) is 11.3 Å². The number of benzene rings is 1. The highest BCUT2D eigenvalue weighted by Crippen LogP contribution is 2.19. The molecule has 1 aromatic heterocycles. The molecule has 1 amide bonds. The minimum Gasteiger partial charge on any atom is -0.508 e. The summed E-state index contributed by atoms with van der Waals surface area (Å²) in [4.78, 5) is 12.8. The average Bonchev–Trinajstić information content (AvgIpc) is 2.73. The van der Waals surface area contributed by atoms with Gasteiger partial charge in [0.25, 0.3) is 5.91 Å². The van der Waals surface area contributed by atoms with Crippen LogP contribution in [0.3, 0.4) is 0 Å². The minimum absolute atomic E-state index is 0.144. The van der Waals surface area contributed by atoms with Gasteiger partial charge in [-0.2, -0.15) is 0 Å². The zero-order valence-electron chi connectivity index (χ0n) is 8.81. The van der Waals surface area contributed by atoms with E-state index in [1.165, 1.54) is 12.1 Å². The van der Waals surface area contributed by atoms with Crippen molar-refractivity contribution in [3.8, 4) is 5.75 Å². The molecule has 0 saturated carbocycles. The second kappa shape index (κ2) is 5.33. The van der Waals surface area contributed by atoms with Crippen molar-refractivity contribution in [2.75, 3.05) is 0 Å². The third-order valence-corrected chi connectivity index (χ3v) is 3.87. The molecule has 0 spiro atoms. The molecule has 0 unspecified atom stereocenters. The number of aromatic hydroxyl groups is 1. The predicted molar refractivity (Wildman–Crippen MR) is 71.3 cm³/mol. The molecule has 0 saturated heterocycles. The number of phenols is 1. The number of thiophene rings is 1. The van der Waals surface area contributed by atoms with Gasteiger partial charge in [-0.3, -0.25) is 4.79 Å². The molecule has 17 heavy (non-hydrogen) atoms. The summed E-state index contributed by atoms with van der Waals surface area (Å²) < 4.78 is 1.02. The van der Waals surface area contributed by atoms with Crippen LogP contribution in [-0.2, 0) is 6.54 Å². The maximum Gasteiger partial charge on any atom is 0.251 e. The first kappa shape index (κ1) is 12.1. The first-order valence-electron chi connectivity index (χ1n) is 4.95. The highest BCUT2D eigenvalue weighted by atomic mass is 79.9. The third-order valence-electron chi connectivity index (χ3n) is 2.17. The molecule has 0 fully saturated rings. The first-order chi connectivity index (χ1) is 8.15. The Morgan fingerprint density at radius 1 is 1.35 bits per heavy atom. The number of rotatable bonds is 3. The molecule has 0 bridgehead atoms. The molecule has 1 heterocycles. The second-order valence-corrected chi connectivity index (χ2v) is 5.37. The topological polar surface area (TPSA) is 49.3 Å². The first-order valence-corrected chi connectivity index (χ1v) is 6.62. The predicted octanol–water partition coefficient (Wildman–Crippen LogP) is 3.15. The quantitative estimate of drug-likeness (QED) is 0.915. The van der Waals surface area contributed by atoms with Gasteiger partial charge in [0.05, 0.1) is 6.54 Å². The molecule has 2 rings (SSSR count). The lowest BCUT2D eigenvalue weighted by atomic mass is 10.2. The summed E-state index contributed by atoms with van der Waals surface area (Å²) in [5.41, 5.74) is 0.540. The van der Waals surface area contributed by atoms with Crippen molar-refractivity contribution in [3.63, 3.8) is 0 Å². The summed E-state index contributed by atoms with van der Waals surface area (Å²) in [5, 5.41) is 13.9. The van der Waals surface area contributed by atoms with E-state index in [0.717, 1.165) is 9.35 Å². The van der Waals surface area contributed by atoms with Crippen LogP contribution >= 0.6 is 27.3 Å². The summed E-state index contributed by atoms with van der Waals surface area (Å²) in [5.74, 6) is 0.0123. The van der Waals surface area contributed by atoms with E-state index in [4.69, 9.17) is 5.11 Å². The van der Waals surface area contributed by atoms with Crippen molar-refractivity contribution in [1.29, 1.82) is 0 Å². The summed E-state index contributed by atoms with van der Waals surface area (Å²) in [6.07, 6.45) is 0. The zero-order chi connectivity index (χ0) is 12.3. The molecule has 2 aromatic rings. The molecule has 0 aliphatic carbocycles. The van der Waals surface area contributed by atoms with Crippen molar-refractivity contribution in [2.24, 2.45) is 0 Å². The Hall–Kier alpha value is -1.33. The van der Waals surface area contributed by atoms with Gasteiger partial charge in [0.2, 0.25) is 0 Å². The molecule has 1 aromatic carbocycles.